The highest BCUT2D eigenvalue weighted by molar-refractivity contribution is 9.11. The van der Waals surface area contributed by atoms with Crippen molar-refractivity contribution in [3.8, 4) is 5.75 Å². The first-order valence-electron chi connectivity index (χ1n) is 6.73. The normalized spacial score (nSPS) is 17.4. The standard InChI is InChI=1S/C14H18BrNO5S/c1-14(2,3)21-13(19)16(4)7-5-8-9(20-6-7)10(12(17)18)22-11(8)15/h7H,5-6H2,1-4H3,(H,17,18). The first-order chi connectivity index (χ1) is 10.1. The molecule has 0 aliphatic carbocycles. The van der Waals surface area contributed by atoms with Crippen molar-refractivity contribution in [3.05, 3.63) is 14.2 Å². The van der Waals surface area contributed by atoms with E-state index in [9.17, 15) is 14.7 Å². The fraction of sp³-hybridized carbons (Fsp3) is 0.571. The number of aromatic carboxylic acids is 1. The highest BCUT2D eigenvalue weighted by Gasteiger charge is 2.34. The van der Waals surface area contributed by atoms with Gasteiger partial charge in [-0.3, -0.25) is 0 Å². The van der Waals surface area contributed by atoms with Crippen LogP contribution in [0.2, 0.25) is 0 Å². The average molecular weight is 392 g/mol. The van der Waals surface area contributed by atoms with E-state index in [1.54, 1.807) is 7.05 Å². The van der Waals surface area contributed by atoms with Crippen molar-refractivity contribution in [2.45, 2.75) is 38.8 Å². The summed E-state index contributed by atoms with van der Waals surface area (Å²) in [6.07, 6.45) is 0.101. The number of hydrogen-bond acceptors (Lipinski definition) is 5. The average Bonchev–Trinajstić information content (AvgIpc) is 2.73. The van der Waals surface area contributed by atoms with Crippen molar-refractivity contribution in [1.82, 2.24) is 4.90 Å². The van der Waals surface area contributed by atoms with E-state index in [-0.39, 0.29) is 17.5 Å². The molecular formula is C14H18BrNO5S. The molecule has 1 aromatic heterocycles. The second-order valence-corrected chi connectivity index (χ2v) is 8.42. The molecule has 122 valence electrons. The van der Waals surface area contributed by atoms with E-state index in [4.69, 9.17) is 9.47 Å². The fourth-order valence-corrected chi connectivity index (χ4v) is 3.76. The third-order valence-electron chi connectivity index (χ3n) is 3.19. The summed E-state index contributed by atoms with van der Waals surface area (Å²) >= 11 is 4.50. The largest absolute Gasteiger partial charge is 0.489 e. The van der Waals surface area contributed by atoms with Crippen LogP contribution in [0.15, 0.2) is 3.79 Å². The summed E-state index contributed by atoms with van der Waals surface area (Å²) in [6.45, 7) is 5.67. The molecule has 0 radical (unpaired) electrons. The van der Waals surface area contributed by atoms with Crippen LogP contribution in [0, 0.1) is 0 Å². The van der Waals surface area contributed by atoms with Gasteiger partial charge in [0.25, 0.3) is 0 Å². The van der Waals surface area contributed by atoms with Gasteiger partial charge in [0.1, 0.15) is 18.0 Å². The molecule has 1 N–H and O–H groups in total. The number of rotatable bonds is 2. The SMILES string of the molecule is CN(C(=O)OC(C)(C)C)C1COc2c(C(=O)O)sc(Br)c2C1. The molecule has 2 heterocycles. The van der Waals surface area contributed by atoms with Gasteiger partial charge in [-0.2, -0.15) is 0 Å². The predicted octanol–water partition coefficient (Wildman–Crippen LogP) is 3.38. The Morgan fingerprint density at radius 2 is 2.09 bits per heavy atom. The van der Waals surface area contributed by atoms with E-state index in [0.717, 1.165) is 20.7 Å². The smallest absolute Gasteiger partial charge is 0.410 e. The van der Waals surface area contributed by atoms with Gasteiger partial charge in [-0.05, 0) is 36.7 Å². The Kier molecular flexibility index (Phi) is 4.72. The number of nitrogens with zero attached hydrogens (tertiary/aromatic N) is 1. The topological polar surface area (TPSA) is 76.1 Å². The van der Waals surface area contributed by atoms with Crippen molar-refractivity contribution >= 4 is 39.3 Å². The van der Waals surface area contributed by atoms with Crippen LogP contribution in [0.1, 0.15) is 36.0 Å². The quantitative estimate of drug-likeness (QED) is 0.835. The maximum Gasteiger partial charge on any atom is 0.410 e. The van der Waals surface area contributed by atoms with E-state index in [0.29, 0.717) is 12.2 Å². The van der Waals surface area contributed by atoms with E-state index < -0.39 is 17.7 Å². The lowest BCUT2D eigenvalue weighted by molar-refractivity contribution is 0.0157. The van der Waals surface area contributed by atoms with Crippen LogP contribution in [-0.4, -0.2) is 47.4 Å². The predicted molar refractivity (Wildman–Crippen MR) is 86.0 cm³/mol. The van der Waals surface area contributed by atoms with Crippen molar-refractivity contribution in [2.75, 3.05) is 13.7 Å². The molecule has 1 amide bonds. The monoisotopic (exact) mass is 391 g/mol. The second-order valence-electron chi connectivity index (χ2n) is 6.08. The van der Waals surface area contributed by atoms with Crippen molar-refractivity contribution in [2.24, 2.45) is 0 Å². The Morgan fingerprint density at radius 1 is 1.45 bits per heavy atom. The van der Waals surface area contributed by atoms with Gasteiger partial charge in [-0.15, -0.1) is 11.3 Å². The molecule has 0 spiro atoms. The van der Waals surface area contributed by atoms with Gasteiger partial charge in [0.2, 0.25) is 0 Å². The molecule has 0 bridgehead atoms. The van der Waals surface area contributed by atoms with Crippen molar-refractivity contribution in [1.29, 1.82) is 0 Å². The summed E-state index contributed by atoms with van der Waals surface area (Å²) in [5.74, 6) is -0.607. The van der Waals surface area contributed by atoms with Gasteiger partial charge in [0.05, 0.1) is 9.83 Å². The highest BCUT2D eigenvalue weighted by atomic mass is 79.9. The zero-order chi connectivity index (χ0) is 16.7. The maximum atomic E-state index is 12.1. The third kappa shape index (κ3) is 3.55. The Hall–Kier alpha value is -1.28. The minimum atomic E-state index is -1.01. The first-order valence-corrected chi connectivity index (χ1v) is 8.34. The Labute approximate surface area is 141 Å². The minimum absolute atomic E-state index is 0.181. The molecule has 0 saturated heterocycles. The summed E-state index contributed by atoms with van der Waals surface area (Å²) in [7, 11) is 1.66. The van der Waals surface area contributed by atoms with Crippen molar-refractivity contribution in [3.63, 3.8) is 0 Å². The number of ether oxygens (including phenoxy) is 2. The van der Waals surface area contributed by atoms with E-state index >= 15 is 0 Å². The molecule has 0 saturated carbocycles. The Bertz CT molecular complexity index is 607. The summed E-state index contributed by atoms with van der Waals surface area (Å²) in [6, 6.07) is -0.199. The molecule has 0 fully saturated rings. The minimum Gasteiger partial charge on any atom is -0.489 e. The zero-order valence-electron chi connectivity index (χ0n) is 12.8. The fourth-order valence-electron chi connectivity index (χ4n) is 2.10. The molecule has 6 nitrogen and oxygen atoms in total. The Morgan fingerprint density at radius 3 is 2.64 bits per heavy atom. The number of halogens is 1. The number of carboxylic acids is 1. The maximum absolute atomic E-state index is 12.1. The van der Waals surface area contributed by atoms with Gasteiger partial charge in [-0.1, -0.05) is 0 Å². The number of carboxylic acid groups (broad SMARTS) is 1. The second kappa shape index (κ2) is 6.08. The molecule has 8 heteroatoms. The van der Waals surface area contributed by atoms with E-state index in [1.807, 2.05) is 20.8 Å². The first kappa shape index (κ1) is 17.1. The van der Waals surface area contributed by atoms with Crippen LogP contribution in [0.4, 0.5) is 4.79 Å². The van der Waals surface area contributed by atoms with Crippen LogP contribution < -0.4 is 4.74 Å². The summed E-state index contributed by atoms with van der Waals surface area (Å²) in [5.41, 5.74) is 0.222. The molecule has 22 heavy (non-hydrogen) atoms. The molecule has 1 aliphatic heterocycles. The number of carbonyl (C=O) groups is 2. The van der Waals surface area contributed by atoms with Crippen LogP contribution in [-0.2, 0) is 11.2 Å². The molecule has 1 unspecified atom stereocenters. The number of likely N-dealkylation sites (N-methyl/N-ethyl adjacent to an activating group) is 1. The van der Waals surface area contributed by atoms with Crippen LogP contribution in [0.25, 0.3) is 0 Å². The number of fused-ring (bicyclic) bond motifs is 1. The summed E-state index contributed by atoms with van der Waals surface area (Å²) in [5, 5.41) is 9.17. The molecule has 2 rings (SSSR count). The van der Waals surface area contributed by atoms with Crippen LogP contribution >= 0.6 is 27.3 Å². The lowest BCUT2D eigenvalue weighted by Gasteiger charge is -2.33. The number of thiophene rings is 1. The summed E-state index contributed by atoms with van der Waals surface area (Å²) in [4.78, 5) is 25.0. The molecule has 0 aromatic carbocycles. The summed E-state index contributed by atoms with van der Waals surface area (Å²) < 4.78 is 11.7. The number of amides is 1. The van der Waals surface area contributed by atoms with Crippen LogP contribution in [0.5, 0.6) is 5.75 Å². The lowest BCUT2D eigenvalue weighted by Crippen LogP contribution is -2.46. The van der Waals surface area contributed by atoms with E-state index in [1.165, 1.54) is 4.90 Å². The molecule has 1 aliphatic rings. The molecular weight excluding hydrogens is 374 g/mol. The van der Waals surface area contributed by atoms with Gasteiger partial charge >= 0.3 is 12.1 Å². The molecule has 1 aromatic rings. The van der Waals surface area contributed by atoms with Gasteiger partial charge < -0.3 is 19.5 Å². The highest BCUT2D eigenvalue weighted by Crippen LogP contribution is 2.42. The van der Waals surface area contributed by atoms with Gasteiger partial charge in [0.15, 0.2) is 4.88 Å². The molecule has 1 atom stereocenters. The van der Waals surface area contributed by atoms with E-state index in [2.05, 4.69) is 15.9 Å². The van der Waals surface area contributed by atoms with Gasteiger partial charge in [-0.25, -0.2) is 9.59 Å². The van der Waals surface area contributed by atoms with Gasteiger partial charge in [0, 0.05) is 19.0 Å². The Balaban J connectivity index is 2.15. The zero-order valence-corrected chi connectivity index (χ0v) is 15.2. The third-order valence-corrected chi connectivity index (χ3v) is 5.15. The number of carbonyl (C=O) groups excluding carboxylic acids is 1. The van der Waals surface area contributed by atoms with Crippen LogP contribution in [0.3, 0.4) is 0 Å². The number of hydrogen-bond donors (Lipinski definition) is 1. The lowest BCUT2D eigenvalue weighted by atomic mass is 10.0. The van der Waals surface area contributed by atoms with Crippen molar-refractivity contribution < 1.29 is 24.2 Å².